The number of carbonyl (C=O) groups is 2. The number of nitrogens with one attached hydrogen (secondary N) is 1. The van der Waals surface area contributed by atoms with Gasteiger partial charge in [-0.15, -0.1) is 0 Å². The van der Waals surface area contributed by atoms with Crippen LogP contribution in [0.25, 0.3) is 0 Å². The molecule has 0 saturated carbocycles. The number of aromatic nitrogens is 1. The van der Waals surface area contributed by atoms with Crippen molar-refractivity contribution in [2.24, 2.45) is 0 Å². The lowest BCUT2D eigenvalue weighted by Crippen LogP contribution is -2.43. The minimum absolute atomic E-state index is 0.0185. The van der Waals surface area contributed by atoms with Crippen molar-refractivity contribution in [2.45, 2.75) is 18.6 Å². The van der Waals surface area contributed by atoms with E-state index in [9.17, 15) is 22.8 Å². The molecule has 1 amide bonds. The van der Waals surface area contributed by atoms with Gasteiger partial charge in [-0.05, 0) is 30.3 Å². The van der Waals surface area contributed by atoms with Crippen LogP contribution < -0.4 is 10.1 Å². The van der Waals surface area contributed by atoms with Crippen molar-refractivity contribution in [3.63, 3.8) is 0 Å². The number of amides is 1. The zero-order valence-electron chi connectivity index (χ0n) is 14.5. The number of halogens is 3. The van der Waals surface area contributed by atoms with Gasteiger partial charge >= 0.3 is 12.1 Å². The number of pyridine rings is 1. The van der Waals surface area contributed by atoms with E-state index in [4.69, 9.17) is 9.47 Å². The minimum Gasteiger partial charge on any atom is -0.481 e. The van der Waals surface area contributed by atoms with E-state index >= 15 is 0 Å². The lowest BCUT2D eigenvalue weighted by atomic mass is 10.1. The number of ether oxygens (including phenoxy) is 2. The summed E-state index contributed by atoms with van der Waals surface area (Å²) in [6, 6.07) is 5.92. The Kier molecular flexibility index (Phi) is 6.38. The molecule has 1 atom stereocenters. The minimum atomic E-state index is -4.50. The molecule has 0 spiro atoms. The van der Waals surface area contributed by atoms with Crippen molar-refractivity contribution < 1.29 is 32.2 Å². The Balaban J connectivity index is 2.18. The third kappa shape index (κ3) is 5.19. The van der Waals surface area contributed by atoms with E-state index in [2.05, 4.69) is 10.3 Å². The smallest absolute Gasteiger partial charge is 0.416 e. The molecule has 9 heteroatoms. The van der Waals surface area contributed by atoms with Crippen LogP contribution in [0.5, 0.6) is 5.88 Å². The lowest BCUT2D eigenvalue weighted by molar-refractivity contribution is -0.142. The van der Waals surface area contributed by atoms with Crippen molar-refractivity contribution in [1.82, 2.24) is 10.3 Å². The van der Waals surface area contributed by atoms with E-state index in [1.165, 1.54) is 20.4 Å². The molecular formula is C18H17F3N2O4. The predicted octanol–water partition coefficient (Wildman–Crippen LogP) is 2.62. The normalized spacial score (nSPS) is 12.2. The maximum Gasteiger partial charge on any atom is 0.416 e. The van der Waals surface area contributed by atoms with Crippen LogP contribution in [0.1, 0.15) is 21.5 Å². The standard InChI is InChI=1S/C18H17F3N2O4/c1-26-16-12(4-3-9-22-16)10-14(17(25)27-2)23-15(24)11-5-7-13(8-6-11)18(19,20)21/h3-9,14H,10H2,1-2H3,(H,23,24)/t14-/m1/s1. The summed E-state index contributed by atoms with van der Waals surface area (Å²) in [5.41, 5.74) is -0.332. The van der Waals surface area contributed by atoms with E-state index in [1.54, 1.807) is 12.1 Å². The molecule has 2 rings (SSSR count). The van der Waals surface area contributed by atoms with Crippen molar-refractivity contribution >= 4 is 11.9 Å². The Bertz CT molecular complexity index is 807. The monoisotopic (exact) mass is 382 g/mol. The van der Waals surface area contributed by atoms with Gasteiger partial charge in [0.15, 0.2) is 0 Å². The topological polar surface area (TPSA) is 77.5 Å². The highest BCUT2D eigenvalue weighted by molar-refractivity contribution is 5.96. The molecule has 1 N–H and O–H groups in total. The van der Waals surface area contributed by atoms with Crippen LogP contribution in [0.4, 0.5) is 13.2 Å². The number of carbonyl (C=O) groups excluding carboxylic acids is 2. The molecular weight excluding hydrogens is 365 g/mol. The van der Waals surface area contributed by atoms with Gasteiger partial charge in [0.05, 0.1) is 19.8 Å². The average molecular weight is 382 g/mol. The van der Waals surface area contributed by atoms with Gasteiger partial charge in [-0.2, -0.15) is 13.2 Å². The van der Waals surface area contributed by atoms with Gasteiger partial charge in [-0.25, -0.2) is 9.78 Å². The number of hydrogen-bond donors (Lipinski definition) is 1. The molecule has 1 heterocycles. The average Bonchev–Trinajstić information content (AvgIpc) is 2.66. The highest BCUT2D eigenvalue weighted by Gasteiger charge is 2.30. The maximum atomic E-state index is 12.6. The molecule has 0 aliphatic heterocycles. The summed E-state index contributed by atoms with van der Waals surface area (Å²) >= 11 is 0. The van der Waals surface area contributed by atoms with Gasteiger partial charge in [0.25, 0.3) is 5.91 Å². The van der Waals surface area contributed by atoms with Crippen LogP contribution in [0.2, 0.25) is 0 Å². The second-order valence-electron chi connectivity index (χ2n) is 5.50. The quantitative estimate of drug-likeness (QED) is 0.778. The Labute approximate surface area is 153 Å². The highest BCUT2D eigenvalue weighted by Crippen LogP contribution is 2.29. The zero-order chi connectivity index (χ0) is 20.0. The van der Waals surface area contributed by atoms with Crippen molar-refractivity contribution in [1.29, 1.82) is 0 Å². The van der Waals surface area contributed by atoms with Crippen molar-refractivity contribution in [3.8, 4) is 5.88 Å². The summed E-state index contributed by atoms with van der Waals surface area (Å²) in [5, 5.41) is 2.46. The number of esters is 1. The van der Waals surface area contributed by atoms with Gasteiger partial charge in [0, 0.05) is 23.7 Å². The van der Waals surface area contributed by atoms with E-state index in [0.29, 0.717) is 5.56 Å². The highest BCUT2D eigenvalue weighted by atomic mass is 19.4. The number of alkyl halides is 3. The molecule has 6 nitrogen and oxygen atoms in total. The second-order valence-corrected chi connectivity index (χ2v) is 5.50. The largest absolute Gasteiger partial charge is 0.481 e. The Morgan fingerprint density at radius 3 is 2.37 bits per heavy atom. The number of nitrogens with zero attached hydrogens (tertiary/aromatic N) is 1. The first-order valence-electron chi connectivity index (χ1n) is 7.80. The molecule has 0 bridgehead atoms. The third-order valence-electron chi connectivity index (χ3n) is 3.73. The van der Waals surface area contributed by atoms with Crippen LogP contribution in [0.3, 0.4) is 0 Å². The fourth-order valence-electron chi connectivity index (χ4n) is 2.37. The molecule has 0 radical (unpaired) electrons. The van der Waals surface area contributed by atoms with Gasteiger partial charge < -0.3 is 14.8 Å². The first-order chi connectivity index (χ1) is 12.8. The summed E-state index contributed by atoms with van der Waals surface area (Å²) in [4.78, 5) is 28.4. The molecule has 0 aliphatic rings. The van der Waals surface area contributed by atoms with E-state index in [1.807, 2.05) is 0 Å². The SMILES string of the molecule is COC(=O)[C@@H](Cc1cccnc1OC)NC(=O)c1ccc(C(F)(F)F)cc1. The van der Waals surface area contributed by atoms with Crippen LogP contribution >= 0.6 is 0 Å². The molecule has 0 unspecified atom stereocenters. The zero-order valence-corrected chi connectivity index (χ0v) is 14.5. The Morgan fingerprint density at radius 2 is 1.81 bits per heavy atom. The van der Waals surface area contributed by atoms with Crippen LogP contribution in [0.15, 0.2) is 42.6 Å². The van der Waals surface area contributed by atoms with Gasteiger partial charge in [0.1, 0.15) is 6.04 Å². The van der Waals surface area contributed by atoms with E-state index < -0.39 is 29.7 Å². The van der Waals surface area contributed by atoms with Gasteiger partial charge in [-0.1, -0.05) is 6.07 Å². The molecule has 27 heavy (non-hydrogen) atoms. The summed E-state index contributed by atoms with van der Waals surface area (Å²) in [6.07, 6.45) is -2.95. The molecule has 0 fully saturated rings. The third-order valence-corrected chi connectivity index (χ3v) is 3.73. The first-order valence-corrected chi connectivity index (χ1v) is 7.80. The Hall–Kier alpha value is -3.10. The second kappa shape index (κ2) is 8.52. The molecule has 144 valence electrons. The van der Waals surface area contributed by atoms with Gasteiger partial charge in [-0.3, -0.25) is 4.79 Å². The fourth-order valence-corrected chi connectivity index (χ4v) is 2.37. The van der Waals surface area contributed by atoms with Crippen LogP contribution in [0, 0.1) is 0 Å². The van der Waals surface area contributed by atoms with Crippen LogP contribution in [-0.4, -0.2) is 37.1 Å². The molecule has 0 saturated heterocycles. The van der Waals surface area contributed by atoms with Crippen molar-refractivity contribution in [2.75, 3.05) is 14.2 Å². The lowest BCUT2D eigenvalue weighted by Gasteiger charge is -2.18. The fraction of sp³-hybridized carbons (Fsp3) is 0.278. The molecule has 1 aromatic heterocycles. The molecule has 2 aromatic rings. The number of benzene rings is 1. The Morgan fingerprint density at radius 1 is 1.15 bits per heavy atom. The van der Waals surface area contributed by atoms with Crippen LogP contribution in [-0.2, 0) is 22.1 Å². The molecule has 0 aliphatic carbocycles. The van der Waals surface area contributed by atoms with Crippen molar-refractivity contribution in [3.05, 3.63) is 59.3 Å². The summed E-state index contributed by atoms with van der Waals surface area (Å²) in [5.74, 6) is -1.13. The maximum absolute atomic E-state index is 12.6. The number of methoxy groups -OCH3 is 2. The molecule has 1 aromatic carbocycles. The van der Waals surface area contributed by atoms with Gasteiger partial charge in [0.2, 0.25) is 5.88 Å². The van der Waals surface area contributed by atoms with E-state index in [-0.39, 0.29) is 17.9 Å². The summed E-state index contributed by atoms with van der Waals surface area (Å²) in [6.45, 7) is 0. The summed E-state index contributed by atoms with van der Waals surface area (Å²) < 4.78 is 47.7. The number of hydrogen-bond acceptors (Lipinski definition) is 5. The predicted molar refractivity (Wildman–Crippen MR) is 89.2 cm³/mol. The van der Waals surface area contributed by atoms with E-state index in [0.717, 1.165) is 24.3 Å². The first kappa shape index (κ1) is 20.2. The summed E-state index contributed by atoms with van der Waals surface area (Å²) in [7, 11) is 2.58. The number of rotatable bonds is 6.